The molecule has 0 unspecified atom stereocenters. The third kappa shape index (κ3) is 3.30. The summed E-state index contributed by atoms with van der Waals surface area (Å²) in [5.74, 6) is -0.844. The van der Waals surface area contributed by atoms with E-state index in [4.69, 9.17) is 0 Å². The Balaban J connectivity index is 2.16. The minimum Gasteiger partial charge on any atom is -0.411 e. The van der Waals surface area contributed by atoms with Crippen molar-refractivity contribution in [2.45, 2.75) is 6.18 Å². The average Bonchev–Trinajstić information content (AvgIpc) is 2.93. The summed E-state index contributed by atoms with van der Waals surface area (Å²) < 4.78 is 62.9. The Hall–Kier alpha value is -2.80. The lowest BCUT2D eigenvalue weighted by atomic mass is 9.97. The first-order chi connectivity index (χ1) is 12.0. The predicted octanol–water partition coefficient (Wildman–Crippen LogP) is 1.10. The van der Waals surface area contributed by atoms with E-state index in [1.165, 1.54) is 0 Å². The lowest BCUT2D eigenvalue weighted by Crippen LogP contribution is -2.50. The zero-order chi connectivity index (χ0) is 19.3. The summed E-state index contributed by atoms with van der Waals surface area (Å²) >= 11 is 0. The smallest absolute Gasteiger partial charge is 0.411 e. The fourth-order valence-electron chi connectivity index (χ4n) is 2.52. The SMILES string of the molecule is CS(=O)(=O)NN1CNc2cc(C(F)(F)F)c(-c3ccnn3O)cc2C1=O. The van der Waals surface area contributed by atoms with Gasteiger partial charge in [0.2, 0.25) is 10.0 Å². The van der Waals surface area contributed by atoms with E-state index in [0.29, 0.717) is 5.01 Å². The highest BCUT2D eigenvalue weighted by atomic mass is 32.2. The van der Waals surface area contributed by atoms with Crippen LogP contribution in [0.3, 0.4) is 0 Å². The van der Waals surface area contributed by atoms with E-state index < -0.39 is 33.2 Å². The van der Waals surface area contributed by atoms with E-state index in [1.54, 1.807) is 0 Å². The Kier molecular flexibility index (Phi) is 4.07. The van der Waals surface area contributed by atoms with Gasteiger partial charge in [-0.15, -0.1) is 14.8 Å². The standard InChI is InChI=1S/C13H12F3N5O4S/c1-26(24,25)19-20-6-17-10-5-9(13(14,15)16)7(4-8(10)12(20)22)11-2-3-18-21(11)23/h2-5,17,19,23H,6H2,1H3. The van der Waals surface area contributed by atoms with Gasteiger partial charge in [-0.05, 0) is 18.2 Å². The molecular formula is C13H12F3N5O4S. The van der Waals surface area contributed by atoms with Gasteiger partial charge in [0.1, 0.15) is 12.4 Å². The number of amides is 1. The van der Waals surface area contributed by atoms with Crippen molar-refractivity contribution in [3.63, 3.8) is 0 Å². The molecule has 1 aromatic heterocycles. The summed E-state index contributed by atoms with van der Waals surface area (Å²) in [4.78, 5) is 14.7. The Labute approximate surface area is 145 Å². The van der Waals surface area contributed by atoms with Crippen molar-refractivity contribution >= 4 is 21.6 Å². The van der Waals surface area contributed by atoms with Gasteiger partial charge in [-0.3, -0.25) is 4.79 Å². The van der Waals surface area contributed by atoms with Crippen LogP contribution in [0.4, 0.5) is 18.9 Å². The van der Waals surface area contributed by atoms with Gasteiger partial charge < -0.3 is 10.5 Å². The normalized spacial score (nSPS) is 14.9. The van der Waals surface area contributed by atoms with Crippen molar-refractivity contribution in [1.82, 2.24) is 19.8 Å². The van der Waals surface area contributed by atoms with Crippen LogP contribution >= 0.6 is 0 Å². The second kappa shape index (κ2) is 5.88. The summed E-state index contributed by atoms with van der Waals surface area (Å²) in [6.07, 6.45) is -2.84. The number of aromatic nitrogens is 2. The van der Waals surface area contributed by atoms with Gasteiger partial charge in [-0.2, -0.15) is 13.2 Å². The second-order valence-electron chi connectivity index (χ2n) is 5.48. The van der Waals surface area contributed by atoms with Gasteiger partial charge in [0.25, 0.3) is 5.91 Å². The molecular weight excluding hydrogens is 379 g/mol. The largest absolute Gasteiger partial charge is 0.417 e. The molecule has 140 valence electrons. The number of carbonyl (C=O) groups is 1. The molecule has 0 spiro atoms. The number of hydrazine groups is 1. The first-order valence-corrected chi connectivity index (χ1v) is 8.88. The molecule has 3 rings (SSSR count). The molecule has 0 fully saturated rings. The fraction of sp³-hybridized carbons (Fsp3) is 0.231. The highest BCUT2D eigenvalue weighted by molar-refractivity contribution is 7.88. The molecule has 0 atom stereocenters. The maximum atomic E-state index is 13.4. The van der Waals surface area contributed by atoms with Crippen LogP contribution in [-0.4, -0.2) is 47.4 Å². The van der Waals surface area contributed by atoms with Crippen molar-refractivity contribution in [3.8, 4) is 11.3 Å². The van der Waals surface area contributed by atoms with E-state index in [9.17, 15) is 31.6 Å². The Bertz CT molecular complexity index is 986. The maximum Gasteiger partial charge on any atom is 0.417 e. The molecule has 0 bridgehead atoms. The molecule has 2 heterocycles. The van der Waals surface area contributed by atoms with E-state index in [-0.39, 0.29) is 28.5 Å². The highest BCUT2D eigenvalue weighted by Gasteiger charge is 2.38. The van der Waals surface area contributed by atoms with Crippen LogP contribution in [0.15, 0.2) is 24.4 Å². The summed E-state index contributed by atoms with van der Waals surface area (Å²) in [6.45, 7) is -0.354. The molecule has 1 aliphatic rings. The summed E-state index contributed by atoms with van der Waals surface area (Å²) in [7, 11) is -3.77. The minimum absolute atomic E-state index is 0.110. The molecule has 1 amide bonds. The molecule has 26 heavy (non-hydrogen) atoms. The van der Waals surface area contributed by atoms with Gasteiger partial charge >= 0.3 is 6.18 Å². The number of rotatable bonds is 3. The number of halogens is 3. The van der Waals surface area contributed by atoms with Crippen molar-refractivity contribution in [1.29, 1.82) is 0 Å². The van der Waals surface area contributed by atoms with Crippen LogP contribution in [0, 0.1) is 0 Å². The Morgan fingerprint density at radius 1 is 1.31 bits per heavy atom. The number of nitrogens with one attached hydrogen (secondary N) is 2. The molecule has 9 nitrogen and oxygen atoms in total. The first-order valence-electron chi connectivity index (χ1n) is 6.99. The molecule has 13 heteroatoms. The highest BCUT2D eigenvalue weighted by Crippen LogP contribution is 2.40. The monoisotopic (exact) mass is 391 g/mol. The minimum atomic E-state index is -4.76. The third-order valence-corrected chi connectivity index (χ3v) is 4.09. The fourth-order valence-corrected chi connectivity index (χ4v) is 3.07. The zero-order valence-corrected chi connectivity index (χ0v) is 13.9. The first kappa shape index (κ1) is 18.0. The number of alkyl halides is 3. The van der Waals surface area contributed by atoms with Crippen molar-refractivity contribution < 1.29 is 31.6 Å². The Morgan fingerprint density at radius 2 is 2.00 bits per heavy atom. The van der Waals surface area contributed by atoms with Crippen LogP contribution in [-0.2, 0) is 16.2 Å². The third-order valence-electron chi connectivity index (χ3n) is 3.54. The number of sulfonamides is 1. The summed E-state index contributed by atoms with van der Waals surface area (Å²) in [6, 6.07) is 2.80. The number of fused-ring (bicyclic) bond motifs is 1. The van der Waals surface area contributed by atoms with Crippen molar-refractivity contribution in [3.05, 3.63) is 35.5 Å². The summed E-state index contributed by atoms with van der Waals surface area (Å²) in [5.41, 5.74) is -2.15. The number of hydrogen-bond acceptors (Lipinski definition) is 6. The van der Waals surface area contributed by atoms with Gasteiger partial charge in [0.15, 0.2) is 0 Å². The van der Waals surface area contributed by atoms with Crippen LogP contribution in [0.1, 0.15) is 15.9 Å². The summed E-state index contributed by atoms with van der Waals surface area (Å²) in [5, 5.41) is 16.3. The van der Waals surface area contributed by atoms with Crippen molar-refractivity contribution in [2.75, 3.05) is 18.2 Å². The number of hydrogen-bond donors (Lipinski definition) is 3. The van der Waals surface area contributed by atoms with E-state index in [0.717, 1.165) is 30.7 Å². The van der Waals surface area contributed by atoms with Crippen molar-refractivity contribution in [2.24, 2.45) is 0 Å². The lowest BCUT2D eigenvalue weighted by Gasteiger charge is -2.30. The predicted molar refractivity (Wildman–Crippen MR) is 82.5 cm³/mol. The molecule has 3 N–H and O–H groups in total. The second-order valence-corrected chi connectivity index (χ2v) is 7.21. The number of benzene rings is 1. The number of anilines is 1. The molecule has 0 radical (unpaired) electrons. The van der Waals surface area contributed by atoms with Gasteiger partial charge in [-0.1, -0.05) is 0 Å². The molecule has 0 saturated heterocycles. The maximum absolute atomic E-state index is 13.4. The van der Waals surface area contributed by atoms with Crippen LogP contribution < -0.4 is 10.1 Å². The van der Waals surface area contributed by atoms with Crippen LogP contribution in [0.25, 0.3) is 11.3 Å². The number of nitrogens with zero attached hydrogens (tertiary/aromatic N) is 3. The quantitative estimate of drug-likeness (QED) is 0.675. The molecule has 1 aromatic carbocycles. The van der Waals surface area contributed by atoms with Gasteiger partial charge in [-0.25, -0.2) is 13.4 Å². The molecule has 0 saturated carbocycles. The molecule has 0 aliphatic carbocycles. The van der Waals surface area contributed by atoms with Gasteiger partial charge in [0, 0.05) is 11.3 Å². The lowest BCUT2D eigenvalue weighted by molar-refractivity contribution is -0.137. The zero-order valence-electron chi connectivity index (χ0n) is 13.1. The topological polar surface area (TPSA) is 117 Å². The number of carbonyl (C=O) groups excluding carboxylic acids is 1. The van der Waals surface area contributed by atoms with Crippen LogP contribution in [0.2, 0.25) is 0 Å². The Morgan fingerprint density at radius 3 is 2.54 bits per heavy atom. The molecule has 2 aromatic rings. The average molecular weight is 391 g/mol. The van der Waals surface area contributed by atoms with E-state index in [2.05, 4.69) is 10.4 Å². The van der Waals surface area contributed by atoms with Crippen LogP contribution in [0.5, 0.6) is 0 Å². The van der Waals surface area contributed by atoms with E-state index >= 15 is 0 Å². The van der Waals surface area contributed by atoms with E-state index in [1.807, 2.05) is 4.83 Å². The molecule has 1 aliphatic heterocycles. The van der Waals surface area contributed by atoms with Gasteiger partial charge in [0.05, 0.1) is 23.6 Å².